The van der Waals surface area contributed by atoms with E-state index in [-0.39, 0.29) is 5.78 Å². The van der Waals surface area contributed by atoms with Crippen LogP contribution in [0.25, 0.3) is 16.3 Å². The first-order chi connectivity index (χ1) is 13.5. The van der Waals surface area contributed by atoms with Crippen LogP contribution in [0.2, 0.25) is 0 Å². The summed E-state index contributed by atoms with van der Waals surface area (Å²) in [5.74, 6) is 1.51. The lowest BCUT2D eigenvalue weighted by Gasteiger charge is -2.15. The number of Topliss-reactive ketones (excluding diaryl/α,β-unsaturated/α-hetero) is 1. The third kappa shape index (κ3) is 3.99. The van der Waals surface area contributed by atoms with Crippen LogP contribution in [0.5, 0.6) is 11.5 Å². The monoisotopic (exact) mass is 487 g/mol. The number of nitrogens with zero attached hydrogens (tertiary/aromatic N) is 1. The number of halogens is 1. The molecular weight excluding hydrogens is 465 g/mol. The molecular formula is C23H22INO3. The highest BCUT2D eigenvalue weighted by Gasteiger charge is 2.19. The van der Waals surface area contributed by atoms with Crippen molar-refractivity contribution in [2.75, 3.05) is 28.3 Å². The zero-order valence-corrected chi connectivity index (χ0v) is 18.5. The molecule has 0 aliphatic rings. The molecule has 0 unspecified atom stereocenters. The maximum Gasteiger partial charge on any atom is 0.195 e. The first-order valence-electron chi connectivity index (χ1n) is 8.79. The fourth-order valence-electron chi connectivity index (χ4n) is 3.15. The summed E-state index contributed by atoms with van der Waals surface area (Å²) < 4.78 is 11.8. The number of methoxy groups -OCH3 is 2. The van der Waals surface area contributed by atoms with Crippen LogP contribution < -0.4 is 9.47 Å². The van der Waals surface area contributed by atoms with E-state index in [1.165, 1.54) is 0 Å². The van der Waals surface area contributed by atoms with Gasteiger partial charge in [-0.3, -0.25) is 4.79 Å². The Hall–Kier alpha value is -2.54. The summed E-state index contributed by atoms with van der Waals surface area (Å²) in [6.07, 6.45) is 1.86. The minimum atomic E-state index is -0.0338. The van der Waals surface area contributed by atoms with Crippen molar-refractivity contribution in [1.82, 2.24) is 4.90 Å². The summed E-state index contributed by atoms with van der Waals surface area (Å²) in [5.41, 5.74) is 2.13. The van der Waals surface area contributed by atoms with Crippen LogP contribution in [-0.2, 0) is 0 Å². The molecule has 0 heterocycles. The summed E-state index contributed by atoms with van der Waals surface area (Å²) in [6.45, 7) is 0. The molecule has 3 rings (SSSR count). The standard InChI is InChI=1S/C23H22INO3/c1-25(2)14-19(15-9-11-22(28-4)20(24)13-15)23(26)18-10-12-21(27-3)17-8-6-5-7-16(17)18/h5-14H,1-4H3/b19-14+. The van der Waals surface area contributed by atoms with Gasteiger partial charge in [0.05, 0.1) is 17.8 Å². The van der Waals surface area contributed by atoms with Crippen LogP contribution in [0.15, 0.2) is 60.8 Å². The van der Waals surface area contributed by atoms with E-state index in [4.69, 9.17) is 9.47 Å². The van der Waals surface area contributed by atoms with Crippen LogP contribution in [0.1, 0.15) is 15.9 Å². The molecule has 0 atom stereocenters. The zero-order valence-electron chi connectivity index (χ0n) is 16.3. The van der Waals surface area contributed by atoms with Gasteiger partial charge in [0.1, 0.15) is 11.5 Å². The maximum absolute atomic E-state index is 13.6. The third-order valence-corrected chi connectivity index (χ3v) is 5.29. The molecule has 3 aromatic rings. The molecule has 144 valence electrons. The van der Waals surface area contributed by atoms with Gasteiger partial charge in [0.25, 0.3) is 0 Å². The van der Waals surface area contributed by atoms with Gasteiger partial charge in [-0.25, -0.2) is 0 Å². The van der Waals surface area contributed by atoms with Crippen LogP contribution in [0.4, 0.5) is 0 Å². The van der Waals surface area contributed by atoms with Gasteiger partial charge in [-0.15, -0.1) is 0 Å². The Kier molecular flexibility index (Phi) is 6.24. The minimum absolute atomic E-state index is 0.0338. The molecule has 0 radical (unpaired) electrons. The SMILES string of the molecule is COc1ccc(/C(=C\N(C)C)C(=O)c2ccc(OC)c3ccccc23)cc1I. The third-order valence-electron chi connectivity index (χ3n) is 4.44. The van der Waals surface area contributed by atoms with Gasteiger partial charge in [0, 0.05) is 36.8 Å². The largest absolute Gasteiger partial charge is 0.496 e. The highest BCUT2D eigenvalue weighted by atomic mass is 127. The quantitative estimate of drug-likeness (QED) is 0.271. The molecule has 0 N–H and O–H groups in total. The number of ketones is 1. The Morgan fingerprint density at radius 2 is 1.57 bits per heavy atom. The Morgan fingerprint density at radius 3 is 2.18 bits per heavy atom. The highest BCUT2D eigenvalue weighted by Crippen LogP contribution is 2.32. The molecule has 0 bridgehead atoms. The van der Waals surface area contributed by atoms with Crippen LogP contribution in [0, 0.1) is 3.57 Å². The predicted molar refractivity (Wildman–Crippen MR) is 122 cm³/mol. The summed E-state index contributed by atoms with van der Waals surface area (Å²) in [5, 5.41) is 1.80. The fourth-order valence-corrected chi connectivity index (χ4v) is 3.88. The number of benzene rings is 3. The molecule has 3 aromatic carbocycles. The van der Waals surface area contributed by atoms with Crippen molar-refractivity contribution < 1.29 is 14.3 Å². The summed E-state index contributed by atoms with van der Waals surface area (Å²) in [7, 11) is 7.10. The predicted octanol–water partition coefficient (Wildman–Crippen LogP) is 5.25. The second-order valence-corrected chi connectivity index (χ2v) is 7.71. The van der Waals surface area contributed by atoms with E-state index in [9.17, 15) is 4.79 Å². The van der Waals surface area contributed by atoms with Crippen molar-refractivity contribution >= 4 is 44.7 Å². The minimum Gasteiger partial charge on any atom is -0.496 e. The second kappa shape index (κ2) is 8.65. The van der Waals surface area contributed by atoms with E-state index in [1.807, 2.05) is 79.8 Å². The molecule has 0 spiro atoms. The van der Waals surface area contributed by atoms with Crippen molar-refractivity contribution in [1.29, 1.82) is 0 Å². The number of hydrogen-bond donors (Lipinski definition) is 0. The number of ether oxygens (including phenoxy) is 2. The Labute approximate surface area is 178 Å². The molecule has 0 aliphatic heterocycles. The van der Waals surface area contributed by atoms with E-state index in [2.05, 4.69) is 22.6 Å². The lowest BCUT2D eigenvalue weighted by molar-refractivity contribution is 0.105. The first kappa shape index (κ1) is 20.2. The summed E-state index contributed by atoms with van der Waals surface area (Å²) in [6, 6.07) is 17.3. The Morgan fingerprint density at radius 1 is 0.929 bits per heavy atom. The molecule has 28 heavy (non-hydrogen) atoms. The van der Waals surface area contributed by atoms with Crippen LogP contribution in [-0.4, -0.2) is 39.0 Å². The topological polar surface area (TPSA) is 38.8 Å². The molecule has 0 aliphatic carbocycles. The normalized spacial score (nSPS) is 11.4. The van der Waals surface area contributed by atoms with Gasteiger partial charge in [-0.1, -0.05) is 30.3 Å². The van der Waals surface area contributed by atoms with Crippen LogP contribution in [0.3, 0.4) is 0 Å². The van der Waals surface area contributed by atoms with Crippen molar-refractivity contribution in [3.05, 3.63) is 75.5 Å². The van der Waals surface area contributed by atoms with Crippen molar-refractivity contribution in [3.63, 3.8) is 0 Å². The molecule has 0 saturated carbocycles. The Bertz CT molecular complexity index is 1060. The smallest absolute Gasteiger partial charge is 0.195 e. The molecule has 4 nitrogen and oxygen atoms in total. The number of fused-ring (bicyclic) bond motifs is 1. The van der Waals surface area contributed by atoms with E-state index >= 15 is 0 Å². The van der Waals surface area contributed by atoms with Crippen molar-refractivity contribution in [3.8, 4) is 11.5 Å². The average Bonchev–Trinajstić information content (AvgIpc) is 2.70. The number of hydrogen-bond acceptors (Lipinski definition) is 4. The highest BCUT2D eigenvalue weighted by molar-refractivity contribution is 14.1. The van der Waals surface area contributed by atoms with E-state index in [0.717, 1.165) is 31.4 Å². The second-order valence-electron chi connectivity index (χ2n) is 6.55. The molecule has 0 aromatic heterocycles. The number of carbonyl (C=O) groups excluding carboxylic acids is 1. The molecule has 0 amide bonds. The van der Waals surface area contributed by atoms with Crippen molar-refractivity contribution in [2.45, 2.75) is 0 Å². The molecule has 0 fully saturated rings. The summed E-state index contributed by atoms with van der Waals surface area (Å²) >= 11 is 2.22. The molecule has 5 heteroatoms. The first-order valence-corrected chi connectivity index (χ1v) is 9.86. The number of rotatable bonds is 6. The van der Waals surface area contributed by atoms with Gasteiger partial charge in [-0.05, 0) is 57.8 Å². The lowest BCUT2D eigenvalue weighted by Crippen LogP contribution is -2.10. The number of carbonyl (C=O) groups is 1. The lowest BCUT2D eigenvalue weighted by atomic mass is 9.93. The zero-order chi connectivity index (χ0) is 20.3. The van der Waals surface area contributed by atoms with Crippen molar-refractivity contribution in [2.24, 2.45) is 0 Å². The summed E-state index contributed by atoms with van der Waals surface area (Å²) in [4.78, 5) is 15.5. The average molecular weight is 487 g/mol. The van der Waals surface area contributed by atoms with E-state index in [1.54, 1.807) is 14.2 Å². The van der Waals surface area contributed by atoms with Gasteiger partial charge in [0.2, 0.25) is 0 Å². The molecule has 0 saturated heterocycles. The fraction of sp³-hybridized carbons (Fsp3) is 0.174. The maximum atomic E-state index is 13.6. The van der Waals surface area contributed by atoms with Crippen LogP contribution >= 0.6 is 22.6 Å². The Balaban J connectivity index is 2.17. The van der Waals surface area contributed by atoms with Gasteiger partial charge >= 0.3 is 0 Å². The van der Waals surface area contributed by atoms with E-state index in [0.29, 0.717) is 11.1 Å². The van der Waals surface area contributed by atoms with E-state index < -0.39 is 0 Å². The van der Waals surface area contributed by atoms with Gasteiger partial charge in [-0.2, -0.15) is 0 Å². The van der Waals surface area contributed by atoms with Gasteiger partial charge in [0.15, 0.2) is 5.78 Å². The number of allylic oxidation sites excluding steroid dienone is 1. The van der Waals surface area contributed by atoms with Gasteiger partial charge < -0.3 is 14.4 Å².